The summed E-state index contributed by atoms with van der Waals surface area (Å²) < 4.78 is 5.26. The minimum Gasteiger partial charge on any atom is -0.496 e. The van der Waals surface area contributed by atoms with Gasteiger partial charge in [0, 0.05) is 37.6 Å². The van der Waals surface area contributed by atoms with E-state index in [2.05, 4.69) is 20.8 Å². The highest BCUT2D eigenvalue weighted by Crippen LogP contribution is 2.25. The summed E-state index contributed by atoms with van der Waals surface area (Å²) in [5, 5.41) is 0.498. The van der Waals surface area contributed by atoms with Gasteiger partial charge in [0.2, 0.25) is 5.91 Å². The smallest absolute Gasteiger partial charge is 0.257 e. The van der Waals surface area contributed by atoms with Gasteiger partial charge in [0.1, 0.15) is 5.75 Å². The Kier molecular flexibility index (Phi) is 5.75. The van der Waals surface area contributed by atoms with Crippen LogP contribution in [0.4, 0.5) is 0 Å². The molecule has 5 nitrogen and oxygen atoms in total. The minimum atomic E-state index is -0.114. The molecular formula is C18H25ClN2O3. The number of methoxy groups -OCH3 is 1. The van der Waals surface area contributed by atoms with Crippen molar-refractivity contribution in [1.82, 2.24) is 9.80 Å². The molecule has 1 saturated heterocycles. The van der Waals surface area contributed by atoms with Gasteiger partial charge in [-0.2, -0.15) is 0 Å². The highest BCUT2D eigenvalue weighted by atomic mass is 35.5. The molecule has 0 atom stereocenters. The van der Waals surface area contributed by atoms with E-state index in [-0.39, 0.29) is 17.2 Å². The molecule has 0 spiro atoms. The number of halogens is 1. The first kappa shape index (κ1) is 18.6. The van der Waals surface area contributed by atoms with Crippen molar-refractivity contribution in [2.75, 3.05) is 33.3 Å². The van der Waals surface area contributed by atoms with E-state index in [4.69, 9.17) is 16.3 Å². The van der Waals surface area contributed by atoms with Gasteiger partial charge in [0.05, 0.1) is 12.7 Å². The molecule has 0 N–H and O–H groups in total. The lowest BCUT2D eigenvalue weighted by atomic mass is 9.91. The monoisotopic (exact) mass is 352 g/mol. The summed E-state index contributed by atoms with van der Waals surface area (Å²) in [6.07, 6.45) is 0.517. The minimum absolute atomic E-state index is 0.0296. The first-order valence-electron chi connectivity index (χ1n) is 8.12. The molecule has 2 amide bonds. The van der Waals surface area contributed by atoms with E-state index in [1.807, 2.05) is 4.90 Å². The molecule has 24 heavy (non-hydrogen) atoms. The van der Waals surface area contributed by atoms with E-state index >= 15 is 0 Å². The van der Waals surface area contributed by atoms with Crippen LogP contribution in [0.1, 0.15) is 37.6 Å². The van der Waals surface area contributed by atoms with Gasteiger partial charge < -0.3 is 14.5 Å². The number of carbonyl (C=O) groups excluding carboxylic acids is 2. The van der Waals surface area contributed by atoms with Crippen molar-refractivity contribution in [2.24, 2.45) is 5.41 Å². The Labute approximate surface area is 148 Å². The zero-order chi connectivity index (χ0) is 17.9. The van der Waals surface area contributed by atoms with Crippen LogP contribution in [0.2, 0.25) is 5.02 Å². The predicted octanol–water partition coefficient (Wildman–Crippen LogP) is 3.07. The van der Waals surface area contributed by atoms with Crippen molar-refractivity contribution in [3.8, 4) is 5.75 Å². The maximum absolute atomic E-state index is 12.7. The lowest BCUT2D eigenvalue weighted by Crippen LogP contribution is -2.51. The Hall–Kier alpha value is -1.75. The second-order valence-electron chi connectivity index (χ2n) is 7.26. The molecule has 2 rings (SSSR count). The van der Waals surface area contributed by atoms with Crippen LogP contribution in [0, 0.1) is 5.41 Å². The molecule has 0 radical (unpaired) electrons. The lowest BCUT2D eigenvalue weighted by molar-refractivity contribution is -0.134. The summed E-state index contributed by atoms with van der Waals surface area (Å²) in [6, 6.07) is 5.01. The molecule has 1 fully saturated rings. The summed E-state index contributed by atoms with van der Waals surface area (Å²) in [4.78, 5) is 28.6. The topological polar surface area (TPSA) is 49.9 Å². The summed E-state index contributed by atoms with van der Waals surface area (Å²) in [6.45, 7) is 8.31. The molecule has 1 aromatic carbocycles. The molecule has 0 unspecified atom stereocenters. The molecule has 1 aliphatic heterocycles. The Balaban J connectivity index is 2.01. The number of ether oxygens (including phenoxy) is 1. The zero-order valence-electron chi connectivity index (χ0n) is 14.8. The van der Waals surface area contributed by atoms with Crippen molar-refractivity contribution in [3.05, 3.63) is 28.8 Å². The van der Waals surface area contributed by atoms with Crippen LogP contribution < -0.4 is 4.74 Å². The van der Waals surface area contributed by atoms with Gasteiger partial charge in [-0.25, -0.2) is 0 Å². The molecule has 1 aromatic rings. The van der Waals surface area contributed by atoms with Crippen molar-refractivity contribution >= 4 is 23.4 Å². The van der Waals surface area contributed by atoms with Gasteiger partial charge in [-0.15, -0.1) is 0 Å². The fourth-order valence-corrected chi connectivity index (χ4v) is 2.91. The Morgan fingerprint density at radius 3 is 2.25 bits per heavy atom. The van der Waals surface area contributed by atoms with Crippen LogP contribution in [0.15, 0.2) is 18.2 Å². The van der Waals surface area contributed by atoms with Gasteiger partial charge in [0.15, 0.2) is 0 Å². The summed E-state index contributed by atoms with van der Waals surface area (Å²) in [5.41, 5.74) is 0.428. The number of benzene rings is 1. The van der Waals surface area contributed by atoms with Crippen LogP contribution in [0.5, 0.6) is 5.75 Å². The summed E-state index contributed by atoms with van der Waals surface area (Å²) >= 11 is 6.00. The van der Waals surface area contributed by atoms with Gasteiger partial charge in [-0.05, 0) is 23.6 Å². The molecule has 1 heterocycles. The quantitative estimate of drug-likeness (QED) is 0.840. The van der Waals surface area contributed by atoms with Gasteiger partial charge >= 0.3 is 0 Å². The van der Waals surface area contributed by atoms with Crippen molar-refractivity contribution in [2.45, 2.75) is 27.2 Å². The molecule has 0 aromatic heterocycles. The highest BCUT2D eigenvalue weighted by molar-refractivity contribution is 6.31. The van der Waals surface area contributed by atoms with E-state index in [1.165, 1.54) is 7.11 Å². The van der Waals surface area contributed by atoms with Crippen LogP contribution in [-0.4, -0.2) is 54.9 Å². The van der Waals surface area contributed by atoms with E-state index in [0.29, 0.717) is 48.9 Å². The van der Waals surface area contributed by atoms with Crippen molar-refractivity contribution in [3.63, 3.8) is 0 Å². The Morgan fingerprint density at radius 2 is 1.71 bits per heavy atom. The maximum Gasteiger partial charge on any atom is 0.257 e. The number of hydrogen-bond acceptors (Lipinski definition) is 3. The highest BCUT2D eigenvalue weighted by Gasteiger charge is 2.28. The molecular weight excluding hydrogens is 328 g/mol. The number of piperazine rings is 1. The van der Waals surface area contributed by atoms with E-state index < -0.39 is 0 Å². The van der Waals surface area contributed by atoms with Crippen molar-refractivity contribution < 1.29 is 14.3 Å². The molecule has 0 saturated carbocycles. The number of rotatable bonds is 3. The predicted molar refractivity (Wildman–Crippen MR) is 94.6 cm³/mol. The molecule has 1 aliphatic rings. The fraction of sp³-hybridized carbons (Fsp3) is 0.556. The lowest BCUT2D eigenvalue weighted by Gasteiger charge is -2.36. The largest absolute Gasteiger partial charge is 0.496 e. The average Bonchev–Trinajstić information content (AvgIpc) is 2.52. The Bertz CT molecular complexity index is 617. The van der Waals surface area contributed by atoms with Gasteiger partial charge in [-0.1, -0.05) is 32.4 Å². The second-order valence-corrected chi connectivity index (χ2v) is 7.69. The normalized spacial score (nSPS) is 15.4. The summed E-state index contributed by atoms with van der Waals surface area (Å²) in [7, 11) is 1.53. The fourth-order valence-electron chi connectivity index (χ4n) is 2.74. The standard InChI is InChI=1S/C18H25ClN2O3/c1-18(2,3)12-16(22)20-7-9-21(10-8-20)17(23)14-11-13(19)5-6-15(14)24-4/h5-6,11H,7-10,12H2,1-4H3. The SMILES string of the molecule is COc1ccc(Cl)cc1C(=O)N1CCN(C(=O)CC(C)(C)C)CC1. The first-order chi connectivity index (χ1) is 11.2. The number of hydrogen-bond donors (Lipinski definition) is 0. The third-order valence-corrected chi connectivity index (χ3v) is 4.23. The third-order valence-electron chi connectivity index (χ3n) is 3.99. The number of amides is 2. The maximum atomic E-state index is 12.7. The molecule has 132 valence electrons. The van der Waals surface area contributed by atoms with Crippen LogP contribution in [0.25, 0.3) is 0 Å². The summed E-state index contributed by atoms with van der Waals surface area (Å²) in [5.74, 6) is 0.544. The molecule has 0 bridgehead atoms. The van der Waals surface area contributed by atoms with E-state index in [1.54, 1.807) is 23.1 Å². The first-order valence-corrected chi connectivity index (χ1v) is 8.49. The van der Waals surface area contributed by atoms with Gasteiger partial charge in [-0.3, -0.25) is 9.59 Å². The van der Waals surface area contributed by atoms with E-state index in [0.717, 1.165) is 0 Å². The molecule has 6 heteroatoms. The number of nitrogens with zero attached hydrogens (tertiary/aromatic N) is 2. The van der Waals surface area contributed by atoms with E-state index in [9.17, 15) is 9.59 Å². The second kappa shape index (κ2) is 7.43. The average molecular weight is 353 g/mol. The Morgan fingerprint density at radius 1 is 1.12 bits per heavy atom. The number of carbonyl (C=O) groups is 2. The van der Waals surface area contributed by atoms with Crippen LogP contribution in [-0.2, 0) is 4.79 Å². The molecule has 0 aliphatic carbocycles. The third kappa shape index (κ3) is 4.63. The van der Waals surface area contributed by atoms with Crippen molar-refractivity contribution in [1.29, 1.82) is 0 Å². The van der Waals surface area contributed by atoms with Crippen LogP contribution in [0.3, 0.4) is 0 Å². The van der Waals surface area contributed by atoms with Crippen LogP contribution >= 0.6 is 11.6 Å². The van der Waals surface area contributed by atoms with Gasteiger partial charge in [0.25, 0.3) is 5.91 Å². The zero-order valence-corrected chi connectivity index (χ0v) is 15.5.